The van der Waals surface area contributed by atoms with Crippen molar-refractivity contribution in [2.45, 2.75) is 52.0 Å². The van der Waals surface area contributed by atoms with Crippen molar-refractivity contribution in [2.24, 2.45) is 0 Å². The Kier molecular flexibility index (Phi) is 4.84. The van der Waals surface area contributed by atoms with Crippen LogP contribution in [0.1, 0.15) is 27.7 Å². The average molecular weight is 270 g/mol. The van der Waals surface area contributed by atoms with E-state index in [1.807, 2.05) is 0 Å². The van der Waals surface area contributed by atoms with E-state index in [1.165, 1.54) is 0 Å². The minimum absolute atomic E-state index is 0.00286. The molecular formula is C11H22N6O2. The smallest absolute Gasteiger partial charge is 0.232 e. The lowest BCUT2D eigenvalue weighted by atomic mass is 10.1. The summed E-state index contributed by atoms with van der Waals surface area (Å²) < 4.78 is 0. The number of nitrogens with zero attached hydrogens (tertiary/aromatic N) is 4. The van der Waals surface area contributed by atoms with Gasteiger partial charge in [-0.15, -0.1) is 0 Å². The van der Waals surface area contributed by atoms with Gasteiger partial charge in [0.25, 0.3) is 0 Å². The molecule has 1 heterocycles. The first kappa shape index (κ1) is 15.4. The molecule has 0 aromatic carbocycles. The van der Waals surface area contributed by atoms with Gasteiger partial charge in [0, 0.05) is 0 Å². The fraction of sp³-hybridized carbons (Fsp3) is 0.727. The number of hydrogen-bond acceptors (Lipinski definition) is 8. The van der Waals surface area contributed by atoms with Crippen LogP contribution in [-0.2, 0) is 0 Å². The molecule has 1 aromatic rings. The lowest BCUT2D eigenvalue weighted by Gasteiger charge is -2.37. The van der Waals surface area contributed by atoms with Crippen molar-refractivity contribution in [3.63, 3.8) is 0 Å². The summed E-state index contributed by atoms with van der Waals surface area (Å²) in [5.41, 5.74) is 11.1. The van der Waals surface area contributed by atoms with E-state index in [-0.39, 0.29) is 29.9 Å². The molecule has 0 saturated carbocycles. The third-order valence-electron chi connectivity index (χ3n) is 3.16. The van der Waals surface area contributed by atoms with Gasteiger partial charge >= 0.3 is 0 Å². The van der Waals surface area contributed by atoms with Crippen LogP contribution < -0.4 is 16.4 Å². The fourth-order valence-electron chi connectivity index (χ4n) is 1.71. The maximum atomic E-state index is 9.76. The van der Waals surface area contributed by atoms with Crippen molar-refractivity contribution in [2.75, 3.05) is 16.4 Å². The Balaban J connectivity index is 3.22. The summed E-state index contributed by atoms with van der Waals surface area (Å²) in [6.07, 6.45) is -1.28. The summed E-state index contributed by atoms with van der Waals surface area (Å²) >= 11 is 0. The second kappa shape index (κ2) is 5.98. The molecule has 6 N–H and O–H groups in total. The molecule has 108 valence electrons. The Morgan fingerprint density at radius 2 is 1.21 bits per heavy atom. The van der Waals surface area contributed by atoms with Crippen molar-refractivity contribution >= 4 is 17.8 Å². The topological polar surface area (TPSA) is 134 Å². The van der Waals surface area contributed by atoms with Crippen LogP contribution in [0.5, 0.6) is 0 Å². The van der Waals surface area contributed by atoms with Gasteiger partial charge < -0.3 is 26.6 Å². The Hall–Kier alpha value is -1.67. The van der Waals surface area contributed by atoms with Crippen LogP contribution >= 0.6 is 0 Å². The molecule has 1 aromatic heterocycles. The van der Waals surface area contributed by atoms with Crippen molar-refractivity contribution in [1.82, 2.24) is 15.0 Å². The quantitative estimate of drug-likeness (QED) is 0.556. The van der Waals surface area contributed by atoms with Gasteiger partial charge in [0.05, 0.1) is 24.3 Å². The summed E-state index contributed by atoms with van der Waals surface area (Å²) in [4.78, 5) is 13.4. The second-order valence-electron chi connectivity index (χ2n) is 4.72. The number of aromatic nitrogens is 3. The van der Waals surface area contributed by atoms with Crippen LogP contribution in [0.15, 0.2) is 0 Å². The van der Waals surface area contributed by atoms with Crippen LogP contribution in [0.25, 0.3) is 0 Å². The monoisotopic (exact) mass is 270 g/mol. The molecule has 1 rings (SSSR count). The van der Waals surface area contributed by atoms with E-state index in [0.29, 0.717) is 0 Å². The predicted molar refractivity (Wildman–Crippen MR) is 73.4 cm³/mol. The van der Waals surface area contributed by atoms with E-state index < -0.39 is 12.2 Å². The standard InChI is InChI=1S/C11H22N6O2/c1-5(7(3)18)17(6(2)8(4)19)11-15-9(12)14-10(13)16-11/h5-8,18-19H,1-4H3,(H4,12,13,14,15,16). The lowest BCUT2D eigenvalue weighted by Crippen LogP contribution is -2.50. The number of hydrogen-bond donors (Lipinski definition) is 4. The third kappa shape index (κ3) is 3.65. The van der Waals surface area contributed by atoms with Gasteiger partial charge in [0.1, 0.15) is 0 Å². The Morgan fingerprint density at radius 3 is 1.53 bits per heavy atom. The molecule has 0 radical (unpaired) electrons. The molecule has 8 heteroatoms. The summed E-state index contributed by atoms with van der Waals surface area (Å²) in [5.74, 6) is 0.248. The van der Waals surface area contributed by atoms with Gasteiger partial charge in [0.15, 0.2) is 0 Å². The minimum Gasteiger partial charge on any atom is -0.391 e. The second-order valence-corrected chi connectivity index (χ2v) is 4.72. The van der Waals surface area contributed by atoms with Gasteiger partial charge in [-0.25, -0.2) is 0 Å². The normalized spacial score (nSPS) is 17.6. The van der Waals surface area contributed by atoms with E-state index in [2.05, 4.69) is 15.0 Å². The first-order valence-electron chi connectivity index (χ1n) is 6.15. The van der Waals surface area contributed by atoms with Crippen molar-refractivity contribution in [3.05, 3.63) is 0 Å². The number of nitrogens with two attached hydrogens (primary N) is 2. The first-order chi connectivity index (χ1) is 8.73. The molecule has 0 aliphatic heterocycles. The molecule has 19 heavy (non-hydrogen) atoms. The molecule has 0 amide bonds. The van der Waals surface area contributed by atoms with Crippen LogP contribution in [0.3, 0.4) is 0 Å². The van der Waals surface area contributed by atoms with E-state index in [4.69, 9.17) is 11.5 Å². The van der Waals surface area contributed by atoms with Crippen molar-refractivity contribution in [1.29, 1.82) is 0 Å². The van der Waals surface area contributed by atoms with Gasteiger partial charge in [-0.2, -0.15) is 15.0 Å². The Morgan fingerprint density at radius 1 is 0.842 bits per heavy atom. The molecule has 0 aliphatic carbocycles. The number of aliphatic hydroxyl groups is 2. The molecule has 4 atom stereocenters. The first-order valence-corrected chi connectivity index (χ1v) is 6.15. The molecule has 0 fully saturated rings. The van der Waals surface area contributed by atoms with Crippen LogP contribution in [0.2, 0.25) is 0 Å². The Bertz CT molecular complexity index is 391. The fourth-order valence-corrected chi connectivity index (χ4v) is 1.71. The van der Waals surface area contributed by atoms with E-state index in [9.17, 15) is 10.2 Å². The number of rotatable bonds is 5. The maximum absolute atomic E-state index is 9.76. The van der Waals surface area contributed by atoms with E-state index in [0.717, 1.165) is 0 Å². The molecule has 0 spiro atoms. The van der Waals surface area contributed by atoms with E-state index >= 15 is 0 Å². The molecule has 4 unspecified atom stereocenters. The Labute approximate surface area is 112 Å². The van der Waals surface area contributed by atoms with Gasteiger partial charge in [-0.1, -0.05) is 0 Å². The highest BCUT2D eigenvalue weighted by molar-refractivity contribution is 5.42. The third-order valence-corrected chi connectivity index (χ3v) is 3.16. The minimum atomic E-state index is -0.639. The molecular weight excluding hydrogens is 248 g/mol. The van der Waals surface area contributed by atoms with Crippen molar-refractivity contribution < 1.29 is 10.2 Å². The van der Waals surface area contributed by atoms with Crippen molar-refractivity contribution in [3.8, 4) is 0 Å². The van der Waals surface area contributed by atoms with Gasteiger partial charge in [0.2, 0.25) is 17.8 Å². The predicted octanol–water partition coefficient (Wildman–Crippen LogP) is -0.619. The highest BCUT2D eigenvalue weighted by Crippen LogP contribution is 2.20. The highest BCUT2D eigenvalue weighted by Gasteiger charge is 2.29. The van der Waals surface area contributed by atoms with Crippen LogP contribution in [0, 0.1) is 0 Å². The average Bonchev–Trinajstić information content (AvgIpc) is 2.27. The van der Waals surface area contributed by atoms with Crippen LogP contribution in [0.4, 0.5) is 17.8 Å². The number of anilines is 3. The largest absolute Gasteiger partial charge is 0.391 e. The van der Waals surface area contributed by atoms with Crippen LogP contribution in [-0.4, -0.2) is 49.5 Å². The lowest BCUT2D eigenvalue weighted by molar-refractivity contribution is 0.129. The summed E-state index contributed by atoms with van der Waals surface area (Å²) in [7, 11) is 0. The zero-order valence-electron chi connectivity index (χ0n) is 11.6. The SMILES string of the molecule is CC(O)C(C)N(c1nc(N)nc(N)n1)C(C)C(C)O. The van der Waals surface area contributed by atoms with E-state index in [1.54, 1.807) is 32.6 Å². The number of nitrogen functional groups attached to an aromatic ring is 2. The summed E-state index contributed by atoms with van der Waals surface area (Å²) in [6.45, 7) is 6.92. The van der Waals surface area contributed by atoms with Gasteiger partial charge in [-0.3, -0.25) is 0 Å². The molecule has 0 bridgehead atoms. The van der Waals surface area contributed by atoms with Gasteiger partial charge in [-0.05, 0) is 27.7 Å². The summed E-state index contributed by atoms with van der Waals surface area (Å²) in [5, 5.41) is 19.5. The molecule has 8 nitrogen and oxygen atoms in total. The maximum Gasteiger partial charge on any atom is 0.232 e. The summed E-state index contributed by atoms with van der Waals surface area (Å²) in [6, 6.07) is -0.628. The highest BCUT2D eigenvalue weighted by atomic mass is 16.3. The number of aliphatic hydroxyl groups excluding tert-OH is 2. The molecule has 0 aliphatic rings. The molecule has 0 saturated heterocycles. The zero-order valence-corrected chi connectivity index (χ0v) is 11.6. The zero-order chi connectivity index (χ0) is 14.7.